The third kappa shape index (κ3) is 5.12. The molecule has 1 amide bonds. The van der Waals surface area contributed by atoms with Gasteiger partial charge in [0.25, 0.3) is 5.91 Å². The van der Waals surface area contributed by atoms with E-state index in [0.29, 0.717) is 12.5 Å². The second kappa shape index (κ2) is 8.39. The number of aliphatic imine (C=N–C) groups is 1. The first-order chi connectivity index (χ1) is 12.2. The maximum atomic E-state index is 13.3. The lowest BCUT2D eigenvalue weighted by Gasteiger charge is -2.13. The number of hydrogen-bond acceptors (Lipinski definition) is 3. The Kier molecular flexibility index (Phi) is 5.74. The lowest BCUT2D eigenvalue weighted by Crippen LogP contribution is -2.36. The van der Waals surface area contributed by atoms with Gasteiger partial charge < -0.3 is 10.1 Å². The molecular weight excluding hydrogens is 321 g/mol. The second-order valence-corrected chi connectivity index (χ2v) is 5.78. The van der Waals surface area contributed by atoms with Crippen molar-refractivity contribution in [3.05, 3.63) is 66.0 Å². The molecule has 1 aliphatic rings. The number of nitrogens with zero attached hydrogens (tertiary/aromatic N) is 1. The van der Waals surface area contributed by atoms with Crippen LogP contribution in [-0.2, 0) is 4.74 Å². The topological polar surface area (TPSA) is 62.7 Å². The molecule has 6 heteroatoms. The average Bonchev–Trinajstić information content (AvgIpc) is 3.14. The van der Waals surface area contributed by atoms with E-state index in [9.17, 15) is 9.18 Å². The Bertz CT molecular complexity index is 743. The molecule has 1 heterocycles. The number of guanidine groups is 1. The summed E-state index contributed by atoms with van der Waals surface area (Å²) < 4.78 is 18.9. The molecule has 1 unspecified atom stereocenters. The van der Waals surface area contributed by atoms with Gasteiger partial charge in [0, 0.05) is 17.9 Å². The van der Waals surface area contributed by atoms with Gasteiger partial charge in [0.1, 0.15) is 5.82 Å². The number of ether oxygens (including phenoxy) is 1. The summed E-state index contributed by atoms with van der Waals surface area (Å²) in [6, 6.07) is 15.0. The molecule has 5 nitrogen and oxygen atoms in total. The van der Waals surface area contributed by atoms with Crippen LogP contribution in [0, 0.1) is 5.82 Å². The summed E-state index contributed by atoms with van der Waals surface area (Å²) in [4.78, 5) is 16.8. The van der Waals surface area contributed by atoms with Gasteiger partial charge in [0.15, 0.2) is 0 Å². The first-order valence-corrected chi connectivity index (χ1v) is 8.26. The monoisotopic (exact) mass is 341 g/mol. The Morgan fingerprint density at radius 1 is 1.20 bits per heavy atom. The minimum atomic E-state index is -0.457. The van der Waals surface area contributed by atoms with E-state index in [1.807, 2.05) is 30.3 Å². The van der Waals surface area contributed by atoms with Crippen LogP contribution in [-0.4, -0.2) is 31.1 Å². The molecule has 3 rings (SSSR count). The fourth-order valence-electron chi connectivity index (χ4n) is 2.56. The van der Waals surface area contributed by atoms with Crippen molar-refractivity contribution in [1.82, 2.24) is 5.32 Å². The highest BCUT2D eigenvalue weighted by molar-refractivity contribution is 6.09. The van der Waals surface area contributed by atoms with Gasteiger partial charge in [-0.25, -0.2) is 9.38 Å². The minimum absolute atomic E-state index is 0.0682. The van der Waals surface area contributed by atoms with Gasteiger partial charge in [0.05, 0.1) is 12.6 Å². The van der Waals surface area contributed by atoms with Gasteiger partial charge in [0.2, 0.25) is 5.96 Å². The van der Waals surface area contributed by atoms with Crippen LogP contribution >= 0.6 is 0 Å². The molecule has 0 spiro atoms. The molecule has 0 aromatic heterocycles. The average molecular weight is 341 g/mol. The smallest absolute Gasteiger partial charge is 0.258 e. The van der Waals surface area contributed by atoms with Crippen molar-refractivity contribution in [2.75, 3.05) is 18.5 Å². The van der Waals surface area contributed by atoms with Crippen LogP contribution in [0.25, 0.3) is 0 Å². The van der Waals surface area contributed by atoms with Crippen LogP contribution < -0.4 is 10.6 Å². The molecule has 0 bridgehead atoms. The molecule has 0 radical (unpaired) electrons. The molecule has 130 valence electrons. The lowest BCUT2D eigenvalue weighted by molar-refractivity contribution is 0.0975. The van der Waals surface area contributed by atoms with Crippen LogP contribution in [0.5, 0.6) is 0 Å². The van der Waals surface area contributed by atoms with E-state index < -0.39 is 11.7 Å². The van der Waals surface area contributed by atoms with Crippen LogP contribution in [0.1, 0.15) is 23.2 Å². The van der Waals surface area contributed by atoms with Gasteiger partial charge in [-0.1, -0.05) is 24.3 Å². The number of benzene rings is 2. The highest BCUT2D eigenvalue weighted by Crippen LogP contribution is 2.12. The third-order valence-electron chi connectivity index (χ3n) is 3.83. The highest BCUT2D eigenvalue weighted by Gasteiger charge is 2.16. The van der Waals surface area contributed by atoms with Gasteiger partial charge in [-0.2, -0.15) is 0 Å². The van der Waals surface area contributed by atoms with Gasteiger partial charge in [-0.05, 0) is 43.2 Å². The molecule has 1 aliphatic heterocycles. The molecule has 0 aliphatic carbocycles. The highest BCUT2D eigenvalue weighted by atomic mass is 19.1. The SMILES string of the molecule is O=C(NC(=NCC1CCCO1)Nc1ccccc1)c1cccc(F)c1. The van der Waals surface area contributed by atoms with Crippen molar-refractivity contribution < 1.29 is 13.9 Å². The number of rotatable bonds is 4. The van der Waals surface area contributed by atoms with Crippen molar-refractivity contribution in [2.45, 2.75) is 18.9 Å². The molecule has 2 aromatic rings. The Morgan fingerprint density at radius 3 is 2.76 bits per heavy atom. The molecule has 0 saturated carbocycles. The molecule has 25 heavy (non-hydrogen) atoms. The summed E-state index contributed by atoms with van der Waals surface area (Å²) in [6.45, 7) is 1.20. The number of amides is 1. The number of carbonyl (C=O) groups excluding carboxylic acids is 1. The zero-order valence-corrected chi connectivity index (χ0v) is 13.7. The quantitative estimate of drug-likeness (QED) is 0.663. The lowest BCUT2D eigenvalue weighted by atomic mass is 10.2. The predicted octanol–water partition coefficient (Wildman–Crippen LogP) is 3.20. The zero-order chi connectivity index (χ0) is 17.5. The second-order valence-electron chi connectivity index (χ2n) is 5.78. The molecular formula is C19H20FN3O2. The number of para-hydroxylation sites is 1. The third-order valence-corrected chi connectivity index (χ3v) is 3.83. The molecule has 2 aromatic carbocycles. The Hall–Kier alpha value is -2.73. The first kappa shape index (κ1) is 17.1. The largest absolute Gasteiger partial charge is 0.376 e. The fraction of sp³-hybridized carbons (Fsp3) is 0.263. The van der Waals surface area contributed by atoms with Gasteiger partial charge in [-0.3, -0.25) is 10.1 Å². The summed E-state index contributed by atoms with van der Waals surface area (Å²) in [5, 5.41) is 5.80. The summed E-state index contributed by atoms with van der Waals surface area (Å²) in [5.41, 5.74) is 1.04. The predicted molar refractivity (Wildman–Crippen MR) is 95.2 cm³/mol. The van der Waals surface area contributed by atoms with Gasteiger partial charge in [-0.15, -0.1) is 0 Å². The van der Waals surface area contributed by atoms with Crippen molar-refractivity contribution in [3.8, 4) is 0 Å². The number of nitrogens with one attached hydrogen (secondary N) is 2. The summed E-state index contributed by atoms with van der Waals surface area (Å²) in [6.07, 6.45) is 2.05. The van der Waals surface area contributed by atoms with Crippen molar-refractivity contribution in [2.24, 2.45) is 4.99 Å². The first-order valence-electron chi connectivity index (χ1n) is 8.26. The minimum Gasteiger partial charge on any atom is -0.376 e. The molecule has 1 atom stereocenters. The fourth-order valence-corrected chi connectivity index (χ4v) is 2.56. The van der Waals surface area contributed by atoms with E-state index in [1.54, 1.807) is 6.07 Å². The van der Waals surface area contributed by atoms with Crippen LogP contribution in [0.2, 0.25) is 0 Å². The number of anilines is 1. The number of hydrogen-bond donors (Lipinski definition) is 2. The summed E-state index contributed by atoms with van der Waals surface area (Å²) in [5.74, 6) is -0.563. The van der Waals surface area contributed by atoms with Crippen molar-refractivity contribution >= 4 is 17.6 Å². The van der Waals surface area contributed by atoms with E-state index in [1.165, 1.54) is 18.2 Å². The van der Waals surface area contributed by atoms with Crippen LogP contribution in [0.4, 0.5) is 10.1 Å². The van der Waals surface area contributed by atoms with Crippen LogP contribution in [0.15, 0.2) is 59.6 Å². The van der Waals surface area contributed by atoms with Crippen molar-refractivity contribution in [1.29, 1.82) is 0 Å². The Morgan fingerprint density at radius 2 is 2.04 bits per heavy atom. The van der Waals surface area contributed by atoms with E-state index in [4.69, 9.17) is 4.74 Å². The van der Waals surface area contributed by atoms with Crippen LogP contribution in [0.3, 0.4) is 0 Å². The van der Waals surface area contributed by atoms with E-state index in [-0.39, 0.29) is 11.7 Å². The molecule has 1 saturated heterocycles. The maximum absolute atomic E-state index is 13.3. The van der Waals surface area contributed by atoms with E-state index in [0.717, 1.165) is 25.1 Å². The summed E-state index contributed by atoms with van der Waals surface area (Å²) in [7, 11) is 0. The van der Waals surface area contributed by atoms with E-state index >= 15 is 0 Å². The van der Waals surface area contributed by atoms with E-state index in [2.05, 4.69) is 15.6 Å². The summed E-state index contributed by atoms with van der Waals surface area (Å²) >= 11 is 0. The molecule has 1 fully saturated rings. The number of carbonyl (C=O) groups is 1. The Labute approximate surface area is 145 Å². The maximum Gasteiger partial charge on any atom is 0.258 e. The normalized spacial score (nSPS) is 17.3. The zero-order valence-electron chi connectivity index (χ0n) is 13.7. The van der Waals surface area contributed by atoms with Crippen molar-refractivity contribution in [3.63, 3.8) is 0 Å². The number of halogens is 1. The Balaban J connectivity index is 1.72. The molecule has 2 N–H and O–H groups in total. The van der Waals surface area contributed by atoms with Gasteiger partial charge >= 0.3 is 0 Å². The standard InChI is InChI=1S/C19H20FN3O2/c20-15-7-4-6-14(12-15)18(24)23-19(21-13-17-10-5-11-25-17)22-16-8-2-1-3-9-16/h1-4,6-9,12,17H,5,10-11,13H2,(H2,21,22,23,24).